The Labute approximate surface area is 237 Å². The zero-order chi connectivity index (χ0) is 27.5. The molecule has 1 fully saturated rings. The van der Waals surface area contributed by atoms with Crippen LogP contribution in [0, 0.1) is 6.92 Å². The molecule has 5 nitrogen and oxygen atoms in total. The molecule has 1 aliphatic rings. The normalized spacial score (nSPS) is 15.6. The Kier molecular flexibility index (Phi) is 7.74. The van der Waals surface area contributed by atoms with Gasteiger partial charge in [-0.1, -0.05) is 78.9 Å². The minimum Gasteiger partial charge on any atom is -0.494 e. The molecule has 3 aromatic carbocycles. The van der Waals surface area contributed by atoms with Gasteiger partial charge in [-0.15, -0.1) is 0 Å². The van der Waals surface area contributed by atoms with E-state index in [0.29, 0.717) is 11.8 Å². The topological polar surface area (TPSA) is 46.2 Å². The van der Waals surface area contributed by atoms with E-state index in [1.807, 2.05) is 12.1 Å². The van der Waals surface area contributed by atoms with Crippen LogP contribution < -0.4 is 0 Å². The monoisotopic (exact) mass is 532 g/mol. The van der Waals surface area contributed by atoms with Gasteiger partial charge in [0.1, 0.15) is 0 Å². The smallest absolute Gasteiger partial charge is 0.199 e. The lowest BCUT2D eigenvalue weighted by Gasteiger charge is -2.33. The highest BCUT2D eigenvalue weighted by Crippen LogP contribution is 2.38. The van der Waals surface area contributed by atoms with Crippen LogP contribution in [0.1, 0.15) is 66.4 Å². The van der Waals surface area contributed by atoms with Crippen LogP contribution in [-0.2, 0) is 13.0 Å². The first kappa shape index (κ1) is 26.4. The highest BCUT2D eigenvalue weighted by molar-refractivity contribution is 5.90. The third kappa shape index (κ3) is 5.31. The van der Waals surface area contributed by atoms with Crippen molar-refractivity contribution in [3.63, 3.8) is 0 Å². The molecule has 0 aliphatic carbocycles. The molecular formula is C35H40N4O. The lowest BCUT2D eigenvalue weighted by Crippen LogP contribution is -2.35. The number of rotatable bonds is 9. The van der Waals surface area contributed by atoms with Crippen molar-refractivity contribution in [3.8, 4) is 5.88 Å². The molecule has 1 saturated heterocycles. The number of hydrogen-bond acceptors (Lipinski definition) is 3. The number of likely N-dealkylation sites (tertiary alicyclic amines) is 1. The summed E-state index contributed by atoms with van der Waals surface area (Å²) in [5.74, 6) is 0.930. The molecule has 6 rings (SSSR count). The fourth-order valence-corrected chi connectivity index (χ4v) is 6.63. The average Bonchev–Trinajstić information content (AvgIpc) is 3.53. The van der Waals surface area contributed by atoms with Crippen molar-refractivity contribution in [2.24, 2.45) is 0 Å². The number of aromatic hydroxyl groups is 1. The quantitative estimate of drug-likeness (QED) is 0.216. The Morgan fingerprint density at radius 2 is 1.52 bits per heavy atom. The second-order valence-electron chi connectivity index (χ2n) is 11.2. The second-order valence-corrected chi connectivity index (χ2v) is 11.2. The van der Waals surface area contributed by atoms with Crippen molar-refractivity contribution in [2.45, 2.75) is 58.0 Å². The fraction of sp³-hybridized carbons (Fsp3) is 0.343. The van der Waals surface area contributed by atoms with E-state index in [-0.39, 0.29) is 6.04 Å². The molecular weight excluding hydrogens is 492 g/mol. The predicted molar refractivity (Wildman–Crippen MR) is 163 cm³/mol. The number of hydrogen-bond donors (Lipinski definition) is 1. The van der Waals surface area contributed by atoms with Crippen molar-refractivity contribution < 1.29 is 5.11 Å². The number of piperidine rings is 1. The van der Waals surface area contributed by atoms with E-state index < -0.39 is 0 Å². The largest absolute Gasteiger partial charge is 0.494 e. The van der Waals surface area contributed by atoms with Crippen LogP contribution in [-0.4, -0.2) is 44.0 Å². The summed E-state index contributed by atoms with van der Waals surface area (Å²) in [4.78, 5) is 2.61. The molecule has 1 N–H and O–H groups in total. The van der Waals surface area contributed by atoms with Crippen LogP contribution in [0.15, 0.2) is 91.0 Å². The summed E-state index contributed by atoms with van der Waals surface area (Å²) in [6, 6.07) is 31.9. The van der Waals surface area contributed by atoms with Gasteiger partial charge >= 0.3 is 0 Å². The highest BCUT2D eigenvalue weighted by Gasteiger charge is 2.27. The van der Waals surface area contributed by atoms with Crippen molar-refractivity contribution in [1.82, 2.24) is 19.2 Å². The Bertz CT molecular complexity index is 1510. The number of fused-ring (bicyclic) bond motifs is 1. The van der Waals surface area contributed by atoms with Gasteiger partial charge in [0.05, 0.1) is 11.7 Å². The molecule has 0 unspecified atom stereocenters. The summed E-state index contributed by atoms with van der Waals surface area (Å²) in [6.45, 7) is 8.43. The number of aromatic nitrogens is 3. The molecule has 40 heavy (non-hydrogen) atoms. The lowest BCUT2D eigenvalue weighted by molar-refractivity contribution is 0.198. The number of aryl methyl sites for hydroxylation is 2. The standard InChI is InChI=1S/C35H40N4O/c1-3-38-34(25-30(36-38)24-27-12-6-4-7-13-27)29-18-21-37(22-19-29)23-20-33(28-14-8-5-9-15-28)39-26(2)31-16-10-11-17-32(31)35(39)40/h4-17,25,29,33,40H,3,18-24H2,1-2H3/t33-/m0/s1. The fourth-order valence-electron chi connectivity index (χ4n) is 6.63. The first-order valence-corrected chi connectivity index (χ1v) is 14.8. The summed E-state index contributed by atoms with van der Waals surface area (Å²) in [7, 11) is 0. The van der Waals surface area contributed by atoms with E-state index in [0.717, 1.165) is 68.3 Å². The molecule has 0 amide bonds. The van der Waals surface area contributed by atoms with Crippen LogP contribution in [0.25, 0.3) is 10.8 Å². The molecule has 0 spiro atoms. The van der Waals surface area contributed by atoms with Gasteiger partial charge in [0.25, 0.3) is 0 Å². The molecule has 0 radical (unpaired) electrons. The average molecular weight is 533 g/mol. The van der Waals surface area contributed by atoms with Gasteiger partial charge in [0.15, 0.2) is 5.88 Å². The van der Waals surface area contributed by atoms with E-state index in [9.17, 15) is 5.11 Å². The highest BCUT2D eigenvalue weighted by atomic mass is 16.3. The SMILES string of the molecule is CCn1nc(Cc2ccccc2)cc1C1CCN(CC[C@@H](c2ccccc2)n2c(C)c3ccccc3c2O)CC1. The van der Waals surface area contributed by atoms with Crippen LogP contribution >= 0.6 is 0 Å². The zero-order valence-electron chi connectivity index (χ0n) is 23.7. The maximum absolute atomic E-state index is 11.3. The molecule has 206 valence electrons. The minimum absolute atomic E-state index is 0.0911. The minimum atomic E-state index is 0.0911. The first-order valence-electron chi connectivity index (χ1n) is 14.8. The van der Waals surface area contributed by atoms with Crippen molar-refractivity contribution in [1.29, 1.82) is 0 Å². The van der Waals surface area contributed by atoms with Crippen LogP contribution in [0.3, 0.4) is 0 Å². The summed E-state index contributed by atoms with van der Waals surface area (Å²) in [6.07, 6.45) is 4.16. The summed E-state index contributed by atoms with van der Waals surface area (Å²) in [5.41, 5.74) is 6.25. The molecule has 5 heteroatoms. The van der Waals surface area contributed by atoms with Crippen molar-refractivity contribution >= 4 is 10.8 Å². The Hall–Kier alpha value is -3.83. The van der Waals surface area contributed by atoms with Crippen molar-refractivity contribution in [3.05, 3.63) is 119 Å². The summed E-state index contributed by atoms with van der Waals surface area (Å²) < 4.78 is 4.38. The molecule has 0 bridgehead atoms. The molecule has 0 saturated carbocycles. The molecule has 1 aliphatic heterocycles. The maximum atomic E-state index is 11.3. The molecule has 5 aromatic rings. The van der Waals surface area contributed by atoms with E-state index in [2.05, 4.69) is 107 Å². The summed E-state index contributed by atoms with van der Waals surface area (Å²) >= 11 is 0. The van der Waals surface area contributed by atoms with E-state index in [1.54, 1.807) is 0 Å². The van der Waals surface area contributed by atoms with Gasteiger partial charge in [-0.25, -0.2) is 0 Å². The van der Waals surface area contributed by atoms with Gasteiger partial charge < -0.3 is 14.6 Å². The van der Waals surface area contributed by atoms with Gasteiger partial charge in [-0.2, -0.15) is 5.10 Å². The maximum Gasteiger partial charge on any atom is 0.199 e. The Morgan fingerprint density at radius 1 is 0.875 bits per heavy atom. The third-order valence-electron chi connectivity index (χ3n) is 8.76. The Morgan fingerprint density at radius 3 is 2.20 bits per heavy atom. The Balaban J connectivity index is 1.15. The molecule has 1 atom stereocenters. The molecule has 3 heterocycles. The second kappa shape index (κ2) is 11.7. The zero-order valence-corrected chi connectivity index (χ0v) is 23.7. The van der Waals surface area contributed by atoms with Crippen LogP contribution in [0.4, 0.5) is 0 Å². The van der Waals surface area contributed by atoms with Gasteiger partial charge in [0.2, 0.25) is 0 Å². The van der Waals surface area contributed by atoms with Crippen LogP contribution in [0.5, 0.6) is 5.88 Å². The lowest BCUT2D eigenvalue weighted by atomic mass is 9.92. The molecule has 2 aromatic heterocycles. The third-order valence-corrected chi connectivity index (χ3v) is 8.76. The van der Waals surface area contributed by atoms with E-state index in [4.69, 9.17) is 5.10 Å². The predicted octanol–water partition coefficient (Wildman–Crippen LogP) is 7.32. The van der Waals surface area contributed by atoms with E-state index in [1.165, 1.54) is 22.5 Å². The van der Waals surface area contributed by atoms with Gasteiger partial charge in [-0.3, -0.25) is 4.68 Å². The first-order chi connectivity index (χ1) is 19.6. The van der Waals surface area contributed by atoms with E-state index >= 15 is 0 Å². The number of nitrogens with zero attached hydrogens (tertiary/aromatic N) is 4. The van der Waals surface area contributed by atoms with Crippen molar-refractivity contribution in [2.75, 3.05) is 19.6 Å². The summed E-state index contributed by atoms with van der Waals surface area (Å²) in [5, 5.41) is 18.3. The van der Waals surface area contributed by atoms with Gasteiger partial charge in [0, 0.05) is 47.6 Å². The van der Waals surface area contributed by atoms with Gasteiger partial charge in [-0.05, 0) is 69.5 Å². The number of benzene rings is 3. The van der Waals surface area contributed by atoms with Crippen LogP contribution in [0.2, 0.25) is 0 Å².